The van der Waals surface area contributed by atoms with Crippen molar-refractivity contribution in [3.8, 4) is 6.07 Å². The zero-order chi connectivity index (χ0) is 14.8. The molecule has 3 nitrogen and oxygen atoms in total. The minimum Gasteiger partial charge on any atom is -0.378 e. The van der Waals surface area contributed by atoms with E-state index in [1.165, 1.54) is 32.1 Å². The molecule has 3 atom stereocenters. The Morgan fingerprint density at radius 2 is 2.10 bits per heavy atom. The van der Waals surface area contributed by atoms with Gasteiger partial charge in [-0.05, 0) is 44.6 Å². The van der Waals surface area contributed by atoms with Gasteiger partial charge in [0.05, 0.1) is 12.2 Å². The SMILES string of the molecule is CCNC(C#N)(CC)CCCOC1CCCC(CC)C1. The molecule has 0 radical (unpaired) electrons. The average Bonchev–Trinajstić information content (AvgIpc) is 2.50. The molecule has 1 aliphatic rings. The lowest BCUT2D eigenvalue weighted by atomic mass is 9.85. The van der Waals surface area contributed by atoms with Crippen LogP contribution in [-0.4, -0.2) is 24.8 Å². The molecule has 0 aromatic rings. The van der Waals surface area contributed by atoms with Crippen LogP contribution >= 0.6 is 0 Å². The molecule has 1 saturated carbocycles. The van der Waals surface area contributed by atoms with Crippen LogP contribution in [0.25, 0.3) is 0 Å². The predicted molar refractivity (Wildman–Crippen MR) is 83.5 cm³/mol. The van der Waals surface area contributed by atoms with Crippen molar-refractivity contribution in [3.05, 3.63) is 0 Å². The highest BCUT2D eigenvalue weighted by Crippen LogP contribution is 2.28. The normalized spacial score (nSPS) is 25.9. The van der Waals surface area contributed by atoms with Crippen LogP contribution < -0.4 is 5.32 Å². The van der Waals surface area contributed by atoms with Crippen molar-refractivity contribution in [1.29, 1.82) is 5.26 Å². The summed E-state index contributed by atoms with van der Waals surface area (Å²) >= 11 is 0. The molecule has 116 valence electrons. The van der Waals surface area contributed by atoms with E-state index in [4.69, 9.17) is 4.74 Å². The van der Waals surface area contributed by atoms with E-state index >= 15 is 0 Å². The highest BCUT2D eigenvalue weighted by molar-refractivity contribution is 5.05. The summed E-state index contributed by atoms with van der Waals surface area (Å²) in [7, 11) is 0. The van der Waals surface area contributed by atoms with Gasteiger partial charge in [-0.2, -0.15) is 5.26 Å². The van der Waals surface area contributed by atoms with Gasteiger partial charge in [-0.25, -0.2) is 0 Å². The zero-order valence-corrected chi connectivity index (χ0v) is 13.6. The molecule has 0 aliphatic heterocycles. The Morgan fingerprint density at radius 1 is 1.30 bits per heavy atom. The molecule has 1 N–H and O–H groups in total. The maximum absolute atomic E-state index is 9.37. The first-order valence-electron chi connectivity index (χ1n) is 8.47. The van der Waals surface area contributed by atoms with Crippen LogP contribution in [0.2, 0.25) is 0 Å². The second-order valence-corrected chi connectivity index (χ2v) is 6.12. The van der Waals surface area contributed by atoms with Crippen molar-refractivity contribution in [1.82, 2.24) is 5.32 Å². The monoisotopic (exact) mass is 280 g/mol. The number of hydrogen-bond donors (Lipinski definition) is 1. The van der Waals surface area contributed by atoms with E-state index in [-0.39, 0.29) is 5.54 Å². The fourth-order valence-corrected chi connectivity index (χ4v) is 3.29. The molecule has 20 heavy (non-hydrogen) atoms. The number of hydrogen-bond acceptors (Lipinski definition) is 3. The lowest BCUT2D eigenvalue weighted by Gasteiger charge is -2.29. The Hall–Kier alpha value is -0.590. The first-order valence-corrected chi connectivity index (χ1v) is 8.47. The van der Waals surface area contributed by atoms with Crippen molar-refractivity contribution in [3.63, 3.8) is 0 Å². The predicted octanol–water partition coefficient (Wildman–Crippen LogP) is 4.03. The Labute approximate surface area is 125 Å². The molecular weight excluding hydrogens is 248 g/mol. The average molecular weight is 280 g/mol. The number of nitrogens with one attached hydrogen (secondary N) is 1. The maximum Gasteiger partial charge on any atom is 0.106 e. The third kappa shape index (κ3) is 5.42. The smallest absolute Gasteiger partial charge is 0.106 e. The van der Waals surface area contributed by atoms with E-state index < -0.39 is 0 Å². The summed E-state index contributed by atoms with van der Waals surface area (Å²) < 4.78 is 6.04. The molecule has 0 amide bonds. The first kappa shape index (κ1) is 17.5. The summed E-state index contributed by atoms with van der Waals surface area (Å²) in [6, 6.07) is 2.45. The summed E-state index contributed by atoms with van der Waals surface area (Å²) in [6.45, 7) is 8.08. The van der Waals surface area contributed by atoms with Gasteiger partial charge in [-0.1, -0.05) is 40.0 Å². The minimum atomic E-state index is -0.351. The molecule has 1 rings (SSSR count). The zero-order valence-electron chi connectivity index (χ0n) is 13.6. The van der Waals surface area contributed by atoms with Gasteiger partial charge in [0, 0.05) is 6.61 Å². The van der Waals surface area contributed by atoms with Crippen LogP contribution in [0, 0.1) is 17.2 Å². The number of nitrogens with zero attached hydrogens (tertiary/aromatic N) is 1. The van der Waals surface area contributed by atoms with Crippen molar-refractivity contribution < 1.29 is 4.74 Å². The Kier molecular flexibility index (Phi) is 8.18. The van der Waals surface area contributed by atoms with E-state index in [2.05, 4.69) is 32.2 Å². The van der Waals surface area contributed by atoms with Gasteiger partial charge in [0.25, 0.3) is 0 Å². The standard InChI is InChI=1S/C17H32N2O/c1-4-15-9-7-10-16(13-15)20-12-8-11-17(5-2,14-18)19-6-3/h15-16,19H,4-13H2,1-3H3. The van der Waals surface area contributed by atoms with Crippen LogP contribution in [-0.2, 0) is 4.74 Å². The van der Waals surface area contributed by atoms with E-state index in [0.29, 0.717) is 6.10 Å². The van der Waals surface area contributed by atoms with Crippen LogP contribution in [0.15, 0.2) is 0 Å². The fraction of sp³-hybridized carbons (Fsp3) is 0.941. The largest absolute Gasteiger partial charge is 0.378 e. The number of rotatable bonds is 9. The van der Waals surface area contributed by atoms with Crippen molar-refractivity contribution in [2.75, 3.05) is 13.2 Å². The number of nitriles is 1. The van der Waals surface area contributed by atoms with Gasteiger partial charge >= 0.3 is 0 Å². The summed E-state index contributed by atoms with van der Waals surface area (Å²) in [4.78, 5) is 0. The molecule has 0 aromatic heterocycles. The van der Waals surface area contributed by atoms with Crippen LogP contribution in [0.4, 0.5) is 0 Å². The third-order valence-electron chi connectivity index (χ3n) is 4.75. The molecule has 0 saturated heterocycles. The van der Waals surface area contributed by atoms with E-state index in [0.717, 1.165) is 38.3 Å². The van der Waals surface area contributed by atoms with Gasteiger partial charge in [0.2, 0.25) is 0 Å². The van der Waals surface area contributed by atoms with Gasteiger partial charge < -0.3 is 4.74 Å². The van der Waals surface area contributed by atoms with Crippen molar-refractivity contribution >= 4 is 0 Å². The van der Waals surface area contributed by atoms with E-state index in [1.807, 2.05) is 0 Å². The summed E-state index contributed by atoms with van der Waals surface area (Å²) in [5.41, 5.74) is -0.351. The second kappa shape index (κ2) is 9.37. The topological polar surface area (TPSA) is 45.0 Å². The molecule has 0 aromatic carbocycles. The molecule has 0 heterocycles. The summed E-state index contributed by atoms with van der Waals surface area (Å²) in [6.07, 6.45) is 9.63. The van der Waals surface area contributed by atoms with Crippen molar-refractivity contribution in [2.24, 2.45) is 5.92 Å². The molecular formula is C17H32N2O. The summed E-state index contributed by atoms with van der Waals surface area (Å²) in [5.74, 6) is 0.865. The van der Waals surface area contributed by atoms with E-state index in [1.54, 1.807) is 0 Å². The van der Waals surface area contributed by atoms with Gasteiger partial charge in [-0.15, -0.1) is 0 Å². The highest BCUT2D eigenvalue weighted by atomic mass is 16.5. The third-order valence-corrected chi connectivity index (χ3v) is 4.75. The van der Waals surface area contributed by atoms with Gasteiger partial charge in [-0.3, -0.25) is 5.32 Å². The van der Waals surface area contributed by atoms with Gasteiger partial charge in [0.15, 0.2) is 0 Å². The van der Waals surface area contributed by atoms with Crippen molar-refractivity contribution in [2.45, 2.75) is 83.8 Å². The second-order valence-electron chi connectivity index (χ2n) is 6.12. The molecule has 3 unspecified atom stereocenters. The van der Waals surface area contributed by atoms with Crippen LogP contribution in [0.1, 0.15) is 72.1 Å². The highest BCUT2D eigenvalue weighted by Gasteiger charge is 2.26. The number of ether oxygens (including phenoxy) is 1. The maximum atomic E-state index is 9.37. The minimum absolute atomic E-state index is 0.351. The quantitative estimate of drug-likeness (QED) is 0.648. The molecule has 3 heteroatoms. The van der Waals surface area contributed by atoms with E-state index in [9.17, 15) is 5.26 Å². The van der Waals surface area contributed by atoms with Crippen LogP contribution in [0.5, 0.6) is 0 Å². The van der Waals surface area contributed by atoms with Gasteiger partial charge in [0.1, 0.15) is 5.54 Å². The first-order chi connectivity index (χ1) is 9.69. The Morgan fingerprint density at radius 3 is 2.70 bits per heavy atom. The lowest BCUT2D eigenvalue weighted by molar-refractivity contribution is 0.00915. The fourth-order valence-electron chi connectivity index (χ4n) is 3.29. The molecule has 1 aliphatic carbocycles. The van der Waals surface area contributed by atoms with Crippen LogP contribution in [0.3, 0.4) is 0 Å². The Bertz CT molecular complexity index is 300. The Balaban J connectivity index is 2.25. The molecule has 0 spiro atoms. The summed E-state index contributed by atoms with van der Waals surface area (Å²) in [5, 5.41) is 12.7. The molecule has 0 bridgehead atoms. The molecule has 1 fully saturated rings. The lowest BCUT2D eigenvalue weighted by Crippen LogP contribution is -2.43.